The highest BCUT2D eigenvalue weighted by Gasteiger charge is 2.62. The Morgan fingerprint density at radius 3 is 2.05 bits per heavy atom. The summed E-state index contributed by atoms with van der Waals surface area (Å²) in [5, 5.41) is 0. The van der Waals surface area contributed by atoms with E-state index in [9.17, 15) is 17.2 Å². The highest BCUT2D eigenvalue weighted by atomic mass is 32.2. The Kier molecular flexibility index (Phi) is 3.24. The van der Waals surface area contributed by atoms with E-state index in [2.05, 4.69) is 4.72 Å². The standard InChI is InChI=1S/C16H25F2NO2S/c17-16(18)10-15(11-16)7-12(8-15)9-22(20,21)19-13-1-3-14(4-2-13)5-6-14/h12-13,19H,1-11H2. The first kappa shape index (κ1) is 15.3. The molecule has 0 bridgehead atoms. The Hall–Kier alpha value is -0.230. The lowest BCUT2D eigenvalue weighted by Gasteiger charge is -2.57. The molecule has 0 amide bonds. The number of rotatable bonds is 4. The number of alkyl halides is 2. The van der Waals surface area contributed by atoms with Crippen molar-refractivity contribution in [1.82, 2.24) is 4.72 Å². The van der Waals surface area contributed by atoms with Crippen molar-refractivity contribution >= 4 is 10.0 Å². The average Bonchev–Trinajstić information content (AvgIpc) is 3.07. The van der Waals surface area contributed by atoms with Crippen LogP contribution in [0.5, 0.6) is 0 Å². The SMILES string of the molecule is O=S(=O)(CC1CC2(C1)CC(F)(F)C2)NC1CCC2(CC1)CC2. The maximum absolute atomic E-state index is 13.0. The number of hydrogen-bond donors (Lipinski definition) is 1. The summed E-state index contributed by atoms with van der Waals surface area (Å²) in [7, 11) is -3.26. The average molecular weight is 333 g/mol. The normalized spacial score (nSPS) is 32.6. The fraction of sp³-hybridized carbons (Fsp3) is 1.00. The zero-order valence-electron chi connectivity index (χ0n) is 12.9. The second kappa shape index (κ2) is 4.65. The monoisotopic (exact) mass is 333 g/mol. The van der Waals surface area contributed by atoms with Crippen LogP contribution in [0.4, 0.5) is 8.78 Å². The summed E-state index contributed by atoms with van der Waals surface area (Å²) >= 11 is 0. The van der Waals surface area contributed by atoms with E-state index in [1.165, 1.54) is 12.8 Å². The zero-order chi connectivity index (χ0) is 15.6. The van der Waals surface area contributed by atoms with Crippen LogP contribution in [0.1, 0.15) is 64.2 Å². The smallest absolute Gasteiger partial charge is 0.212 e. The predicted octanol–water partition coefficient (Wildman–Crippen LogP) is 3.45. The van der Waals surface area contributed by atoms with Crippen LogP contribution in [0.25, 0.3) is 0 Å². The largest absolute Gasteiger partial charge is 0.249 e. The van der Waals surface area contributed by atoms with Crippen LogP contribution >= 0.6 is 0 Å². The van der Waals surface area contributed by atoms with Crippen molar-refractivity contribution in [3.05, 3.63) is 0 Å². The van der Waals surface area contributed by atoms with Gasteiger partial charge in [-0.15, -0.1) is 0 Å². The van der Waals surface area contributed by atoms with Gasteiger partial charge in [-0.2, -0.15) is 0 Å². The van der Waals surface area contributed by atoms with Gasteiger partial charge < -0.3 is 0 Å². The van der Waals surface area contributed by atoms with Gasteiger partial charge in [0.05, 0.1) is 5.75 Å². The second-order valence-electron chi connectivity index (χ2n) is 8.66. The topological polar surface area (TPSA) is 46.2 Å². The first-order valence-corrected chi connectivity index (χ1v) is 10.2. The van der Waals surface area contributed by atoms with Gasteiger partial charge in [0.2, 0.25) is 15.9 Å². The molecular formula is C16H25F2NO2S. The van der Waals surface area contributed by atoms with Crippen LogP contribution in [-0.4, -0.2) is 26.1 Å². The van der Waals surface area contributed by atoms with Crippen LogP contribution < -0.4 is 4.72 Å². The Labute approximate surface area is 131 Å². The Bertz CT molecular complexity index is 545. The maximum Gasteiger partial charge on any atom is 0.249 e. The first-order chi connectivity index (χ1) is 10.2. The molecular weight excluding hydrogens is 308 g/mol. The maximum atomic E-state index is 13.0. The molecule has 0 saturated heterocycles. The van der Waals surface area contributed by atoms with Gasteiger partial charge in [-0.05, 0) is 68.1 Å². The molecule has 6 heteroatoms. The molecule has 4 aliphatic rings. The summed E-state index contributed by atoms with van der Waals surface area (Å²) in [6, 6.07) is 0.0956. The molecule has 0 aliphatic heterocycles. The molecule has 3 nitrogen and oxygen atoms in total. The van der Waals surface area contributed by atoms with Crippen molar-refractivity contribution in [1.29, 1.82) is 0 Å². The molecule has 1 N–H and O–H groups in total. The molecule has 22 heavy (non-hydrogen) atoms. The van der Waals surface area contributed by atoms with Crippen molar-refractivity contribution in [3.8, 4) is 0 Å². The van der Waals surface area contributed by atoms with Crippen LogP contribution in [0.3, 0.4) is 0 Å². The fourth-order valence-electron chi connectivity index (χ4n) is 5.25. The van der Waals surface area contributed by atoms with E-state index >= 15 is 0 Å². The van der Waals surface area contributed by atoms with Crippen LogP contribution in [-0.2, 0) is 10.0 Å². The van der Waals surface area contributed by atoms with E-state index in [0.717, 1.165) is 25.7 Å². The molecule has 4 aliphatic carbocycles. The number of sulfonamides is 1. The number of hydrogen-bond acceptors (Lipinski definition) is 2. The third-order valence-corrected chi connectivity index (χ3v) is 8.12. The quantitative estimate of drug-likeness (QED) is 0.856. The van der Waals surface area contributed by atoms with Gasteiger partial charge in [0.1, 0.15) is 0 Å². The van der Waals surface area contributed by atoms with Crippen molar-refractivity contribution in [2.45, 2.75) is 76.2 Å². The van der Waals surface area contributed by atoms with Gasteiger partial charge in [0.15, 0.2) is 0 Å². The minimum absolute atomic E-state index is 0.0331. The Morgan fingerprint density at radius 1 is 0.955 bits per heavy atom. The zero-order valence-corrected chi connectivity index (χ0v) is 13.7. The fourth-order valence-corrected chi connectivity index (χ4v) is 6.95. The molecule has 0 atom stereocenters. The molecule has 4 rings (SSSR count). The Morgan fingerprint density at radius 2 is 1.55 bits per heavy atom. The second-order valence-corrected chi connectivity index (χ2v) is 10.5. The van der Waals surface area contributed by atoms with Crippen LogP contribution in [0.15, 0.2) is 0 Å². The van der Waals surface area contributed by atoms with Crippen molar-refractivity contribution < 1.29 is 17.2 Å². The number of nitrogens with one attached hydrogen (secondary N) is 1. The molecule has 0 aromatic rings. The summed E-state index contributed by atoms with van der Waals surface area (Å²) < 4.78 is 53.3. The molecule has 0 unspecified atom stereocenters. The number of halogens is 2. The summed E-state index contributed by atoms with van der Waals surface area (Å²) in [5.41, 5.74) is 0.338. The molecule has 4 saturated carbocycles. The highest BCUT2D eigenvalue weighted by molar-refractivity contribution is 7.89. The third-order valence-electron chi connectivity index (χ3n) is 6.52. The van der Waals surface area contributed by atoms with Gasteiger partial charge >= 0.3 is 0 Å². The van der Waals surface area contributed by atoms with Gasteiger partial charge in [-0.1, -0.05) is 0 Å². The summed E-state index contributed by atoms with van der Waals surface area (Å²) in [5.74, 6) is -2.29. The Balaban J connectivity index is 1.23. The lowest BCUT2D eigenvalue weighted by Crippen LogP contribution is -2.55. The molecule has 0 aromatic carbocycles. The third kappa shape index (κ3) is 2.93. The first-order valence-electron chi connectivity index (χ1n) is 8.57. The minimum Gasteiger partial charge on any atom is -0.212 e. The molecule has 0 heterocycles. The van der Waals surface area contributed by atoms with Crippen molar-refractivity contribution in [3.63, 3.8) is 0 Å². The predicted molar refractivity (Wildman–Crippen MR) is 80.2 cm³/mol. The van der Waals surface area contributed by atoms with E-state index in [1.807, 2.05) is 0 Å². The van der Waals surface area contributed by atoms with Crippen LogP contribution in [0, 0.1) is 16.7 Å². The molecule has 126 valence electrons. The highest BCUT2D eigenvalue weighted by Crippen LogP contribution is 2.64. The van der Waals surface area contributed by atoms with E-state index in [0.29, 0.717) is 18.3 Å². The molecule has 0 radical (unpaired) electrons. The minimum atomic E-state index is -3.26. The van der Waals surface area contributed by atoms with E-state index < -0.39 is 15.9 Å². The lowest BCUT2D eigenvalue weighted by molar-refractivity contribution is -0.203. The van der Waals surface area contributed by atoms with E-state index in [-0.39, 0.29) is 36.0 Å². The molecule has 2 spiro atoms. The summed E-state index contributed by atoms with van der Waals surface area (Å²) in [6.45, 7) is 0. The van der Waals surface area contributed by atoms with Crippen molar-refractivity contribution in [2.75, 3.05) is 5.75 Å². The summed E-state index contributed by atoms with van der Waals surface area (Å²) in [6.07, 6.45) is 8.13. The lowest BCUT2D eigenvalue weighted by atomic mass is 9.51. The van der Waals surface area contributed by atoms with Gasteiger partial charge in [-0.3, -0.25) is 0 Å². The summed E-state index contributed by atoms with van der Waals surface area (Å²) in [4.78, 5) is 0. The van der Waals surface area contributed by atoms with Gasteiger partial charge in [0.25, 0.3) is 0 Å². The van der Waals surface area contributed by atoms with Crippen LogP contribution in [0.2, 0.25) is 0 Å². The molecule has 0 aromatic heterocycles. The van der Waals surface area contributed by atoms with E-state index in [1.54, 1.807) is 0 Å². The molecule has 4 fully saturated rings. The van der Waals surface area contributed by atoms with Gasteiger partial charge in [-0.25, -0.2) is 21.9 Å². The van der Waals surface area contributed by atoms with Crippen molar-refractivity contribution in [2.24, 2.45) is 16.7 Å². The van der Waals surface area contributed by atoms with Gasteiger partial charge in [0, 0.05) is 18.9 Å². The van der Waals surface area contributed by atoms with E-state index in [4.69, 9.17) is 0 Å².